The zero-order chi connectivity index (χ0) is 22.4. The number of nitrogens with zero attached hydrogens (tertiary/aromatic N) is 2. The molecular weight excluding hydrogens is 382 g/mol. The molecule has 168 valence electrons. The highest BCUT2D eigenvalue weighted by molar-refractivity contribution is 5.84. The Morgan fingerprint density at radius 1 is 1.03 bits per heavy atom. The normalized spacial score (nSPS) is 11.6. The van der Waals surface area contributed by atoms with Crippen LogP contribution in [0.3, 0.4) is 0 Å². The molecule has 1 aromatic carbocycles. The quantitative estimate of drug-likeness (QED) is 0.308. The minimum Gasteiger partial charge on any atom is -0.444 e. The van der Waals surface area contributed by atoms with Gasteiger partial charge in [-0.1, -0.05) is 30.3 Å². The molecule has 0 radical (unpaired) electrons. The van der Waals surface area contributed by atoms with Gasteiger partial charge in [-0.05, 0) is 46.6 Å². The fraction of sp³-hybridized carbons (Fsp3) is 0.591. The molecule has 0 bridgehead atoms. The molecule has 8 nitrogen and oxygen atoms in total. The van der Waals surface area contributed by atoms with Crippen LogP contribution in [-0.4, -0.2) is 61.2 Å². The van der Waals surface area contributed by atoms with E-state index in [9.17, 15) is 9.59 Å². The maximum atomic E-state index is 12.6. The average molecular weight is 420 g/mol. The van der Waals surface area contributed by atoms with Gasteiger partial charge in [0.2, 0.25) is 5.91 Å². The van der Waals surface area contributed by atoms with Crippen LogP contribution in [-0.2, 0) is 16.1 Å². The number of amides is 2. The van der Waals surface area contributed by atoms with Crippen LogP contribution >= 0.6 is 0 Å². The fourth-order valence-corrected chi connectivity index (χ4v) is 2.57. The van der Waals surface area contributed by atoms with Crippen LogP contribution in [0.4, 0.5) is 4.79 Å². The molecule has 0 saturated heterocycles. The molecule has 0 aliphatic heterocycles. The first-order chi connectivity index (χ1) is 14.2. The second-order valence-electron chi connectivity index (χ2n) is 7.80. The lowest BCUT2D eigenvalue weighted by atomic mass is 10.2. The van der Waals surface area contributed by atoms with Crippen LogP contribution in [0.25, 0.3) is 0 Å². The maximum Gasteiger partial charge on any atom is 0.407 e. The summed E-state index contributed by atoms with van der Waals surface area (Å²) in [4.78, 5) is 30.4. The molecule has 0 aliphatic carbocycles. The number of hydrogen-bond donors (Lipinski definition) is 3. The summed E-state index contributed by atoms with van der Waals surface area (Å²) in [6, 6.07) is 9.92. The zero-order valence-corrected chi connectivity index (χ0v) is 19.0. The van der Waals surface area contributed by atoms with Crippen molar-refractivity contribution >= 4 is 18.0 Å². The molecule has 1 rings (SSSR count). The molecular formula is C22H37N5O3. The van der Waals surface area contributed by atoms with Gasteiger partial charge in [-0.25, -0.2) is 9.79 Å². The van der Waals surface area contributed by atoms with Crippen molar-refractivity contribution in [2.24, 2.45) is 4.99 Å². The van der Waals surface area contributed by atoms with E-state index in [1.54, 1.807) is 4.90 Å². The molecule has 0 aromatic heterocycles. The average Bonchev–Trinajstić information content (AvgIpc) is 2.69. The van der Waals surface area contributed by atoms with E-state index in [-0.39, 0.29) is 12.5 Å². The number of carbonyl (C=O) groups excluding carboxylic acids is 2. The van der Waals surface area contributed by atoms with Gasteiger partial charge in [-0.3, -0.25) is 4.79 Å². The molecule has 3 N–H and O–H groups in total. The van der Waals surface area contributed by atoms with Crippen LogP contribution in [0.15, 0.2) is 35.3 Å². The Kier molecular flexibility index (Phi) is 11.3. The van der Waals surface area contributed by atoms with Crippen LogP contribution in [0.1, 0.15) is 46.6 Å². The number of guanidine groups is 1. The molecule has 0 aliphatic rings. The first-order valence-corrected chi connectivity index (χ1v) is 10.6. The number of ether oxygens (including phenoxy) is 1. The maximum absolute atomic E-state index is 12.6. The molecule has 0 saturated carbocycles. The summed E-state index contributed by atoms with van der Waals surface area (Å²) in [5.41, 5.74) is 0.589. The summed E-state index contributed by atoms with van der Waals surface area (Å²) in [6.45, 7) is 12.5. The van der Waals surface area contributed by atoms with Gasteiger partial charge in [-0.15, -0.1) is 0 Å². The molecule has 30 heavy (non-hydrogen) atoms. The third-order valence-corrected chi connectivity index (χ3v) is 3.98. The Balaban J connectivity index is 2.43. The smallest absolute Gasteiger partial charge is 0.407 e. The van der Waals surface area contributed by atoms with Gasteiger partial charge in [0.15, 0.2) is 5.96 Å². The van der Waals surface area contributed by atoms with Gasteiger partial charge in [0.25, 0.3) is 0 Å². The van der Waals surface area contributed by atoms with Crippen molar-refractivity contribution in [3.8, 4) is 0 Å². The lowest BCUT2D eigenvalue weighted by Crippen LogP contribution is -2.40. The third kappa shape index (κ3) is 11.3. The second-order valence-corrected chi connectivity index (χ2v) is 7.80. The number of aliphatic imine (C=N–C) groups is 1. The summed E-state index contributed by atoms with van der Waals surface area (Å²) < 4.78 is 5.20. The van der Waals surface area contributed by atoms with Gasteiger partial charge in [0.1, 0.15) is 12.1 Å². The Morgan fingerprint density at radius 2 is 1.70 bits per heavy atom. The van der Waals surface area contributed by atoms with E-state index in [2.05, 4.69) is 20.9 Å². The standard InChI is InChI=1S/C22H37N5O3/c1-6-23-20(24-14-11-15-25-21(29)30-22(3,4)5)26-16-19(28)27(7-2)17-18-12-9-8-10-13-18/h8-10,12-13H,6-7,11,14-17H2,1-5H3,(H,25,29)(H2,23,24,26). The molecule has 0 fully saturated rings. The van der Waals surface area contributed by atoms with Gasteiger partial charge < -0.3 is 25.6 Å². The fourth-order valence-electron chi connectivity index (χ4n) is 2.57. The van der Waals surface area contributed by atoms with Crippen LogP contribution in [0.5, 0.6) is 0 Å². The first kappa shape index (κ1) is 25.3. The number of alkyl carbamates (subject to hydrolysis) is 1. The van der Waals surface area contributed by atoms with Crippen molar-refractivity contribution in [1.29, 1.82) is 0 Å². The van der Waals surface area contributed by atoms with Crippen LogP contribution < -0.4 is 16.0 Å². The third-order valence-electron chi connectivity index (χ3n) is 3.98. The highest BCUT2D eigenvalue weighted by atomic mass is 16.6. The highest BCUT2D eigenvalue weighted by Crippen LogP contribution is 2.06. The van der Waals surface area contributed by atoms with Gasteiger partial charge in [0, 0.05) is 32.7 Å². The number of rotatable bonds is 10. The van der Waals surface area contributed by atoms with Crippen molar-refractivity contribution in [2.75, 3.05) is 32.7 Å². The largest absolute Gasteiger partial charge is 0.444 e. The number of hydrogen-bond acceptors (Lipinski definition) is 4. The van der Waals surface area contributed by atoms with E-state index in [1.165, 1.54) is 0 Å². The predicted octanol–water partition coefficient (Wildman–Crippen LogP) is 2.50. The highest BCUT2D eigenvalue weighted by Gasteiger charge is 2.15. The van der Waals surface area contributed by atoms with Crippen molar-refractivity contribution in [3.63, 3.8) is 0 Å². The number of nitrogens with one attached hydrogen (secondary N) is 3. The Morgan fingerprint density at radius 3 is 2.30 bits per heavy atom. The lowest BCUT2D eigenvalue weighted by molar-refractivity contribution is -0.130. The van der Waals surface area contributed by atoms with E-state index < -0.39 is 11.7 Å². The SMILES string of the molecule is CCNC(=NCC(=O)N(CC)Cc1ccccc1)NCCCNC(=O)OC(C)(C)C. The number of benzene rings is 1. The summed E-state index contributed by atoms with van der Waals surface area (Å²) in [7, 11) is 0. The van der Waals surface area contributed by atoms with Crippen LogP contribution in [0, 0.1) is 0 Å². The Bertz CT molecular complexity index is 671. The molecule has 2 amide bonds. The van der Waals surface area contributed by atoms with Gasteiger partial charge in [0.05, 0.1) is 0 Å². The second kappa shape index (κ2) is 13.5. The van der Waals surface area contributed by atoms with E-state index in [1.807, 2.05) is 65.0 Å². The molecule has 0 heterocycles. The minimum atomic E-state index is -0.507. The van der Waals surface area contributed by atoms with Crippen molar-refractivity contribution < 1.29 is 14.3 Å². The zero-order valence-electron chi connectivity index (χ0n) is 19.0. The molecule has 8 heteroatoms. The Hall–Kier alpha value is -2.77. The van der Waals surface area contributed by atoms with Crippen molar-refractivity contribution in [3.05, 3.63) is 35.9 Å². The number of likely N-dealkylation sites (N-methyl/N-ethyl adjacent to an activating group) is 1. The molecule has 0 atom stereocenters. The van der Waals surface area contributed by atoms with Gasteiger partial charge in [-0.2, -0.15) is 0 Å². The monoisotopic (exact) mass is 419 g/mol. The molecule has 0 unspecified atom stereocenters. The van der Waals surface area contributed by atoms with E-state index in [0.717, 1.165) is 5.56 Å². The summed E-state index contributed by atoms with van der Waals surface area (Å²) in [5, 5.41) is 9.03. The van der Waals surface area contributed by atoms with Gasteiger partial charge >= 0.3 is 6.09 Å². The van der Waals surface area contributed by atoms with Crippen LogP contribution in [0.2, 0.25) is 0 Å². The Labute approximate surface area is 180 Å². The summed E-state index contributed by atoms with van der Waals surface area (Å²) >= 11 is 0. The van der Waals surface area contributed by atoms with E-state index in [0.29, 0.717) is 45.1 Å². The van der Waals surface area contributed by atoms with E-state index in [4.69, 9.17) is 4.74 Å². The molecule has 1 aromatic rings. The van der Waals surface area contributed by atoms with Crippen molar-refractivity contribution in [1.82, 2.24) is 20.9 Å². The molecule has 0 spiro atoms. The van der Waals surface area contributed by atoms with E-state index >= 15 is 0 Å². The first-order valence-electron chi connectivity index (χ1n) is 10.6. The summed E-state index contributed by atoms with van der Waals surface area (Å²) in [5.74, 6) is 0.559. The summed E-state index contributed by atoms with van der Waals surface area (Å²) in [6.07, 6.45) is 0.277. The lowest BCUT2D eigenvalue weighted by Gasteiger charge is -2.20. The minimum absolute atomic E-state index is 0.0230. The predicted molar refractivity (Wildman–Crippen MR) is 120 cm³/mol. The van der Waals surface area contributed by atoms with Crippen molar-refractivity contribution in [2.45, 2.75) is 53.2 Å². The number of carbonyl (C=O) groups is 2. The topological polar surface area (TPSA) is 95.1 Å².